The fourth-order valence-corrected chi connectivity index (χ4v) is 3.38. The van der Waals surface area contributed by atoms with Gasteiger partial charge < -0.3 is 15.3 Å². The summed E-state index contributed by atoms with van der Waals surface area (Å²) >= 11 is 0. The zero-order valence-electron chi connectivity index (χ0n) is 14.0. The fourth-order valence-electron chi connectivity index (χ4n) is 3.38. The van der Waals surface area contributed by atoms with Crippen LogP contribution in [0.1, 0.15) is 32.6 Å². The molecule has 2 N–H and O–H groups in total. The van der Waals surface area contributed by atoms with Crippen molar-refractivity contribution in [3.8, 4) is 0 Å². The normalized spacial score (nSPS) is 19.2. The van der Waals surface area contributed by atoms with Crippen molar-refractivity contribution in [2.45, 2.75) is 44.7 Å². The van der Waals surface area contributed by atoms with Crippen molar-refractivity contribution in [3.05, 3.63) is 30.6 Å². The second-order valence-corrected chi connectivity index (χ2v) is 6.30. The molecule has 1 aromatic carbocycles. The van der Waals surface area contributed by atoms with Crippen LogP contribution in [0.5, 0.6) is 0 Å². The number of aromatic nitrogens is 2. The zero-order chi connectivity index (χ0) is 16.9. The predicted octanol–water partition coefficient (Wildman–Crippen LogP) is 2.19. The number of amides is 1. The Hall–Kier alpha value is -2.21. The third-order valence-corrected chi connectivity index (χ3v) is 4.64. The molecule has 1 aromatic heterocycles. The summed E-state index contributed by atoms with van der Waals surface area (Å²) in [7, 11) is 0. The van der Waals surface area contributed by atoms with Crippen LogP contribution in [0, 0.1) is 0 Å². The van der Waals surface area contributed by atoms with Crippen molar-refractivity contribution in [2.24, 2.45) is 0 Å². The van der Waals surface area contributed by atoms with E-state index in [-0.39, 0.29) is 24.6 Å². The van der Waals surface area contributed by atoms with Gasteiger partial charge in [0.1, 0.15) is 18.2 Å². The van der Waals surface area contributed by atoms with E-state index in [9.17, 15) is 9.90 Å². The van der Waals surface area contributed by atoms with E-state index in [0.29, 0.717) is 12.2 Å². The molecule has 1 fully saturated rings. The van der Waals surface area contributed by atoms with Gasteiger partial charge in [-0.3, -0.25) is 4.79 Å². The van der Waals surface area contributed by atoms with E-state index in [2.05, 4.69) is 15.3 Å². The lowest BCUT2D eigenvalue weighted by Gasteiger charge is -2.37. The number of aliphatic hydroxyl groups excluding tert-OH is 1. The number of carbonyl (C=O) groups is 1. The number of nitrogens with zero attached hydrogens (tertiary/aromatic N) is 3. The van der Waals surface area contributed by atoms with Gasteiger partial charge in [-0.1, -0.05) is 12.1 Å². The minimum Gasteiger partial charge on any atom is -0.396 e. The van der Waals surface area contributed by atoms with Crippen LogP contribution in [0.2, 0.25) is 0 Å². The first-order chi connectivity index (χ1) is 11.7. The monoisotopic (exact) mass is 328 g/mol. The van der Waals surface area contributed by atoms with E-state index in [1.165, 1.54) is 6.33 Å². The highest BCUT2D eigenvalue weighted by atomic mass is 16.3. The molecule has 0 radical (unpaired) electrons. The summed E-state index contributed by atoms with van der Waals surface area (Å²) in [5.74, 6) is 0.744. The number of nitrogens with one attached hydrogen (secondary N) is 1. The van der Waals surface area contributed by atoms with Gasteiger partial charge in [0, 0.05) is 24.6 Å². The smallest absolute Gasteiger partial charge is 0.245 e. The summed E-state index contributed by atoms with van der Waals surface area (Å²) in [6.07, 6.45) is 5.27. The van der Waals surface area contributed by atoms with Gasteiger partial charge >= 0.3 is 0 Å². The molecule has 0 spiro atoms. The molecule has 1 amide bonds. The van der Waals surface area contributed by atoms with E-state index < -0.39 is 0 Å². The van der Waals surface area contributed by atoms with Crippen LogP contribution in [0.4, 0.5) is 5.82 Å². The summed E-state index contributed by atoms with van der Waals surface area (Å²) in [5.41, 5.74) is 0.853. The Kier molecular flexibility index (Phi) is 5.25. The lowest BCUT2D eigenvalue weighted by Crippen LogP contribution is -2.49. The lowest BCUT2D eigenvalue weighted by atomic mass is 9.98. The summed E-state index contributed by atoms with van der Waals surface area (Å²) in [4.78, 5) is 23.3. The van der Waals surface area contributed by atoms with E-state index >= 15 is 0 Å². The van der Waals surface area contributed by atoms with Gasteiger partial charge in [0.2, 0.25) is 5.91 Å². The topological polar surface area (TPSA) is 78.4 Å². The van der Waals surface area contributed by atoms with Gasteiger partial charge in [0.05, 0.1) is 5.52 Å². The Labute approximate surface area is 141 Å². The first kappa shape index (κ1) is 16.6. The second-order valence-electron chi connectivity index (χ2n) is 6.30. The molecular weight excluding hydrogens is 304 g/mol. The molecule has 2 heterocycles. The lowest BCUT2D eigenvalue weighted by molar-refractivity contribution is -0.135. The summed E-state index contributed by atoms with van der Waals surface area (Å²) < 4.78 is 0. The Morgan fingerprint density at radius 3 is 3.04 bits per heavy atom. The number of fused-ring (bicyclic) bond motifs is 1. The highest BCUT2D eigenvalue weighted by Gasteiger charge is 2.29. The second kappa shape index (κ2) is 7.57. The van der Waals surface area contributed by atoms with Gasteiger partial charge in [-0.25, -0.2) is 9.97 Å². The highest BCUT2D eigenvalue weighted by molar-refractivity contribution is 5.91. The minimum absolute atomic E-state index is 0.0656. The van der Waals surface area contributed by atoms with Gasteiger partial charge in [0.15, 0.2) is 0 Å². The summed E-state index contributed by atoms with van der Waals surface area (Å²) in [6, 6.07) is 7.51. The number of para-hydroxylation sites is 1. The molecule has 0 bridgehead atoms. The third-order valence-electron chi connectivity index (χ3n) is 4.64. The van der Waals surface area contributed by atoms with Crippen molar-refractivity contribution in [2.75, 3.05) is 18.5 Å². The molecule has 1 saturated heterocycles. The van der Waals surface area contributed by atoms with Crippen LogP contribution in [-0.2, 0) is 4.79 Å². The van der Waals surface area contributed by atoms with Crippen molar-refractivity contribution >= 4 is 22.6 Å². The molecule has 128 valence electrons. The summed E-state index contributed by atoms with van der Waals surface area (Å²) in [5, 5.41) is 13.4. The molecule has 0 saturated carbocycles. The standard InChI is InChI=1S/C18H24N4O2/c1-13(18(24)22-10-5-4-6-14(22)9-11-23)21-17-15-7-2-3-8-16(15)19-12-20-17/h2-3,7-8,12-14,23H,4-6,9-11H2,1H3,(H,19,20,21). The molecular formula is C18H24N4O2. The van der Waals surface area contributed by atoms with E-state index in [4.69, 9.17) is 0 Å². The van der Waals surface area contributed by atoms with Gasteiger partial charge in [-0.15, -0.1) is 0 Å². The zero-order valence-corrected chi connectivity index (χ0v) is 14.0. The molecule has 2 atom stereocenters. The number of aliphatic hydroxyl groups is 1. The third kappa shape index (κ3) is 3.48. The molecule has 2 unspecified atom stereocenters. The number of anilines is 1. The molecule has 24 heavy (non-hydrogen) atoms. The average Bonchev–Trinajstić information content (AvgIpc) is 2.62. The SMILES string of the molecule is CC(Nc1ncnc2ccccc12)C(=O)N1CCCCC1CCO. The fraction of sp³-hybridized carbons (Fsp3) is 0.500. The molecule has 6 heteroatoms. The molecule has 2 aromatic rings. The first-order valence-electron chi connectivity index (χ1n) is 8.58. The Bertz CT molecular complexity index is 699. The highest BCUT2D eigenvalue weighted by Crippen LogP contribution is 2.23. The maximum Gasteiger partial charge on any atom is 0.245 e. The Balaban J connectivity index is 1.75. The minimum atomic E-state index is -0.373. The average molecular weight is 328 g/mol. The molecule has 6 nitrogen and oxygen atoms in total. The number of benzene rings is 1. The van der Waals surface area contributed by atoms with Crippen molar-refractivity contribution in [3.63, 3.8) is 0 Å². The first-order valence-corrected chi connectivity index (χ1v) is 8.58. The molecule has 0 aliphatic carbocycles. The number of rotatable bonds is 5. The quantitative estimate of drug-likeness (QED) is 0.880. The van der Waals surface area contributed by atoms with Gasteiger partial charge in [0.25, 0.3) is 0 Å². The predicted molar refractivity (Wildman–Crippen MR) is 93.7 cm³/mol. The maximum absolute atomic E-state index is 12.9. The van der Waals surface area contributed by atoms with E-state index in [0.717, 1.165) is 36.7 Å². The van der Waals surface area contributed by atoms with Crippen LogP contribution >= 0.6 is 0 Å². The van der Waals surface area contributed by atoms with Crippen LogP contribution in [-0.4, -0.2) is 51.1 Å². The Morgan fingerprint density at radius 1 is 1.38 bits per heavy atom. The van der Waals surface area contributed by atoms with Crippen molar-refractivity contribution < 1.29 is 9.90 Å². The van der Waals surface area contributed by atoms with Crippen molar-refractivity contribution in [1.82, 2.24) is 14.9 Å². The summed E-state index contributed by atoms with van der Waals surface area (Å²) in [6.45, 7) is 2.75. The number of piperidine rings is 1. The maximum atomic E-state index is 12.9. The molecule has 1 aliphatic heterocycles. The van der Waals surface area contributed by atoms with Crippen molar-refractivity contribution in [1.29, 1.82) is 0 Å². The van der Waals surface area contributed by atoms with Crippen LogP contribution in [0.15, 0.2) is 30.6 Å². The molecule has 1 aliphatic rings. The largest absolute Gasteiger partial charge is 0.396 e. The van der Waals surface area contributed by atoms with E-state index in [1.54, 1.807) is 0 Å². The van der Waals surface area contributed by atoms with Gasteiger partial charge in [-0.2, -0.15) is 0 Å². The number of likely N-dealkylation sites (tertiary alicyclic amines) is 1. The number of hydrogen-bond acceptors (Lipinski definition) is 5. The van der Waals surface area contributed by atoms with Crippen LogP contribution in [0.3, 0.4) is 0 Å². The van der Waals surface area contributed by atoms with Crippen LogP contribution in [0.25, 0.3) is 10.9 Å². The van der Waals surface area contributed by atoms with Gasteiger partial charge in [-0.05, 0) is 44.7 Å². The number of hydrogen-bond donors (Lipinski definition) is 2. The Morgan fingerprint density at radius 2 is 2.21 bits per heavy atom. The van der Waals surface area contributed by atoms with E-state index in [1.807, 2.05) is 36.1 Å². The molecule has 3 rings (SSSR count). The number of carbonyl (C=O) groups excluding carboxylic acids is 1. The van der Waals surface area contributed by atoms with Crippen LogP contribution < -0.4 is 5.32 Å².